The van der Waals surface area contributed by atoms with Gasteiger partial charge in [-0.2, -0.15) is 0 Å². The fourth-order valence-corrected chi connectivity index (χ4v) is 2.60. The minimum atomic E-state index is 0.0512. The van der Waals surface area contributed by atoms with E-state index in [-0.39, 0.29) is 11.9 Å². The number of carbonyl (C=O) groups excluding carboxylic acids is 1. The molecule has 0 aromatic heterocycles. The van der Waals surface area contributed by atoms with Crippen molar-refractivity contribution in [1.29, 1.82) is 0 Å². The van der Waals surface area contributed by atoms with Crippen LogP contribution in [0.1, 0.15) is 22.3 Å². The van der Waals surface area contributed by atoms with Gasteiger partial charge in [-0.3, -0.25) is 4.79 Å². The van der Waals surface area contributed by atoms with Crippen LogP contribution in [0.3, 0.4) is 0 Å². The molecule has 0 fully saturated rings. The zero-order valence-electron chi connectivity index (χ0n) is 9.60. The van der Waals surface area contributed by atoms with Gasteiger partial charge in [0, 0.05) is 11.5 Å². The Morgan fingerprint density at radius 1 is 1.12 bits per heavy atom. The van der Waals surface area contributed by atoms with Crippen LogP contribution in [0.25, 0.3) is 0 Å². The number of rotatable bonds is 0. The molecule has 0 saturated heterocycles. The van der Waals surface area contributed by atoms with Crippen molar-refractivity contribution in [2.45, 2.75) is 18.9 Å². The van der Waals surface area contributed by atoms with Crippen LogP contribution in [0.15, 0.2) is 48.6 Å². The molecule has 2 atom stereocenters. The molecule has 86 valence electrons. The quantitative estimate of drug-likeness (QED) is 0.722. The third-order valence-corrected chi connectivity index (χ3v) is 3.56. The summed E-state index contributed by atoms with van der Waals surface area (Å²) < 4.78 is 0. The number of allylic oxidation sites excluding steroid dienone is 2. The number of aryl methyl sites for hydroxylation is 1. The third kappa shape index (κ3) is 1.91. The molecule has 0 spiro atoms. The number of carbonyl (C=O) groups is 1. The van der Waals surface area contributed by atoms with Crippen molar-refractivity contribution in [3.63, 3.8) is 0 Å². The monoisotopic (exact) mass is 225 g/mol. The van der Waals surface area contributed by atoms with Gasteiger partial charge in [-0.1, -0.05) is 42.5 Å². The van der Waals surface area contributed by atoms with E-state index in [1.54, 1.807) is 0 Å². The predicted molar refractivity (Wildman–Crippen MR) is 67.8 cm³/mol. The number of hydrogen-bond acceptors (Lipinski definition) is 1. The molecule has 1 aliphatic heterocycles. The number of hydrogen-bond donors (Lipinski definition) is 1. The normalized spacial score (nSPS) is 26.5. The molecular weight excluding hydrogens is 210 g/mol. The lowest BCUT2D eigenvalue weighted by molar-refractivity contribution is 0.0931. The van der Waals surface area contributed by atoms with E-state index in [0.717, 1.165) is 24.0 Å². The Hall–Kier alpha value is -1.83. The first-order valence-corrected chi connectivity index (χ1v) is 6.08. The van der Waals surface area contributed by atoms with Crippen LogP contribution in [0.4, 0.5) is 0 Å². The lowest BCUT2D eigenvalue weighted by Crippen LogP contribution is -2.41. The van der Waals surface area contributed by atoms with Gasteiger partial charge in [-0.25, -0.2) is 0 Å². The Balaban J connectivity index is 1.96. The molecule has 0 saturated carbocycles. The van der Waals surface area contributed by atoms with Gasteiger partial charge in [0.15, 0.2) is 0 Å². The second kappa shape index (κ2) is 4.21. The van der Waals surface area contributed by atoms with Crippen LogP contribution in [0.5, 0.6) is 0 Å². The summed E-state index contributed by atoms with van der Waals surface area (Å²) in [6.07, 6.45) is 10.4. The SMILES string of the molecule is O=C1NC2C=CC=CC2CCc2ccccc21. The van der Waals surface area contributed by atoms with Crippen molar-refractivity contribution in [2.24, 2.45) is 5.92 Å². The molecule has 2 unspecified atom stereocenters. The molecule has 1 amide bonds. The summed E-state index contributed by atoms with van der Waals surface area (Å²) in [5.41, 5.74) is 1.99. The van der Waals surface area contributed by atoms with Gasteiger partial charge < -0.3 is 5.32 Å². The van der Waals surface area contributed by atoms with Crippen LogP contribution in [-0.4, -0.2) is 11.9 Å². The molecule has 1 N–H and O–H groups in total. The second-order valence-electron chi connectivity index (χ2n) is 4.63. The highest BCUT2D eigenvalue weighted by Gasteiger charge is 2.24. The van der Waals surface area contributed by atoms with Crippen molar-refractivity contribution in [2.75, 3.05) is 0 Å². The highest BCUT2D eigenvalue weighted by Crippen LogP contribution is 2.23. The molecule has 1 aromatic rings. The molecule has 1 aromatic carbocycles. The first kappa shape index (κ1) is 10.3. The zero-order chi connectivity index (χ0) is 11.7. The Morgan fingerprint density at radius 3 is 2.88 bits per heavy atom. The lowest BCUT2D eigenvalue weighted by Gasteiger charge is -2.28. The Bertz CT molecular complexity index is 501. The molecule has 2 aliphatic rings. The maximum Gasteiger partial charge on any atom is 0.252 e. The largest absolute Gasteiger partial charge is 0.345 e. The van der Waals surface area contributed by atoms with Crippen LogP contribution in [-0.2, 0) is 6.42 Å². The van der Waals surface area contributed by atoms with Crippen molar-refractivity contribution in [1.82, 2.24) is 5.32 Å². The highest BCUT2D eigenvalue weighted by molar-refractivity contribution is 5.96. The third-order valence-electron chi connectivity index (χ3n) is 3.56. The van der Waals surface area contributed by atoms with E-state index < -0.39 is 0 Å². The smallest absolute Gasteiger partial charge is 0.252 e. The summed E-state index contributed by atoms with van der Waals surface area (Å²) in [4.78, 5) is 12.1. The summed E-state index contributed by atoms with van der Waals surface area (Å²) in [6.45, 7) is 0. The van der Waals surface area contributed by atoms with Gasteiger partial charge in [0.1, 0.15) is 0 Å². The van der Waals surface area contributed by atoms with Crippen molar-refractivity contribution < 1.29 is 4.79 Å². The fraction of sp³-hybridized carbons (Fsp3) is 0.267. The van der Waals surface area contributed by atoms with Crippen molar-refractivity contribution in [3.05, 3.63) is 59.7 Å². The summed E-state index contributed by atoms with van der Waals surface area (Å²) in [6, 6.07) is 8.04. The standard InChI is InChI=1S/C15H15NO/c17-15-13-7-3-1-5-11(13)9-10-12-6-2-4-8-14(12)16-15/h1-8,12,14H,9-10H2,(H,16,17). The number of benzene rings is 1. The first-order valence-electron chi connectivity index (χ1n) is 6.08. The van der Waals surface area contributed by atoms with E-state index >= 15 is 0 Å². The molecule has 17 heavy (non-hydrogen) atoms. The number of nitrogens with one attached hydrogen (secondary N) is 1. The van der Waals surface area contributed by atoms with E-state index in [1.807, 2.05) is 24.3 Å². The van der Waals surface area contributed by atoms with Crippen LogP contribution in [0, 0.1) is 5.92 Å². The minimum absolute atomic E-state index is 0.0512. The average molecular weight is 225 g/mol. The highest BCUT2D eigenvalue weighted by atomic mass is 16.1. The van der Waals surface area contributed by atoms with Crippen LogP contribution >= 0.6 is 0 Å². The van der Waals surface area contributed by atoms with E-state index in [2.05, 4.69) is 29.6 Å². The van der Waals surface area contributed by atoms with Crippen molar-refractivity contribution >= 4 is 5.91 Å². The molecule has 0 radical (unpaired) electrons. The number of amides is 1. The van der Waals surface area contributed by atoms with Gasteiger partial charge in [-0.15, -0.1) is 0 Å². The van der Waals surface area contributed by atoms with Crippen LogP contribution in [0.2, 0.25) is 0 Å². The second-order valence-corrected chi connectivity index (χ2v) is 4.63. The molecule has 2 heteroatoms. The topological polar surface area (TPSA) is 29.1 Å². The predicted octanol–water partition coefficient (Wildman–Crippen LogP) is 2.47. The first-order chi connectivity index (χ1) is 8.34. The van der Waals surface area contributed by atoms with E-state index in [0.29, 0.717) is 5.92 Å². The summed E-state index contributed by atoms with van der Waals surface area (Å²) >= 11 is 0. The number of fused-ring (bicyclic) bond motifs is 2. The molecule has 3 rings (SSSR count). The van der Waals surface area contributed by atoms with Gasteiger partial charge in [0.2, 0.25) is 0 Å². The zero-order valence-corrected chi connectivity index (χ0v) is 9.60. The molecule has 0 bridgehead atoms. The van der Waals surface area contributed by atoms with Gasteiger partial charge in [0.25, 0.3) is 5.91 Å². The van der Waals surface area contributed by atoms with Gasteiger partial charge in [-0.05, 0) is 24.5 Å². The van der Waals surface area contributed by atoms with E-state index in [1.165, 1.54) is 0 Å². The molecular formula is C15H15NO. The van der Waals surface area contributed by atoms with Crippen LogP contribution < -0.4 is 5.32 Å². The van der Waals surface area contributed by atoms with Gasteiger partial charge in [0.05, 0.1) is 6.04 Å². The molecule has 2 nitrogen and oxygen atoms in total. The average Bonchev–Trinajstić information content (AvgIpc) is 2.36. The Labute approximate surface area is 101 Å². The van der Waals surface area contributed by atoms with Gasteiger partial charge >= 0.3 is 0 Å². The van der Waals surface area contributed by atoms with Crippen molar-refractivity contribution in [3.8, 4) is 0 Å². The summed E-state index contributed by atoms with van der Waals surface area (Å²) in [5.74, 6) is 0.479. The van der Waals surface area contributed by atoms with E-state index in [9.17, 15) is 4.79 Å². The summed E-state index contributed by atoms with van der Waals surface area (Å²) in [5, 5.41) is 3.10. The summed E-state index contributed by atoms with van der Waals surface area (Å²) in [7, 11) is 0. The fourth-order valence-electron chi connectivity index (χ4n) is 2.60. The lowest BCUT2D eigenvalue weighted by atomic mass is 9.86. The Morgan fingerprint density at radius 2 is 1.94 bits per heavy atom. The maximum absolute atomic E-state index is 12.1. The Kier molecular flexibility index (Phi) is 2.56. The van der Waals surface area contributed by atoms with E-state index in [4.69, 9.17) is 0 Å². The molecule has 1 heterocycles. The maximum atomic E-state index is 12.1. The molecule has 1 aliphatic carbocycles. The minimum Gasteiger partial charge on any atom is -0.345 e.